The summed E-state index contributed by atoms with van der Waals surface area (Å²) in [7, 11) is 0. The summed E-state index contributed by atoms with van der Waals surface area (Å²) < 4.78 is 0. The lowest BCUT2D eigenvalue weighted by atomic mass is 9.88. The van der Waals surface area contributed by atoms with Crippen LogP contribution < -0.4 is 5.32 Å². The molecule has 1 atom stereocenters. The van der Waals surface area contributed by atoms with Crippen LogP contribution >= 0.6 is 0 Å². The molecule has 4 nitrogen and oxygen atoms in total. The molecule has 2 aromatic rings. The van der Waals surface area contributed by atoms with Crippen LogP contribution in [0.25, 0.3) is 0 Å². The molecule has 0 aromatic heterocycles. The van der Waals surface area contributed by atoms with E-state index < -0.39 is 0 Å². The third-order valence-electron chi connectivity index (χ3n) is 4.97. The first-order chi connectivity index (χ1) is 12.7. The van der Waals surface area contributed by atoms with Gasteiger partial charge in [0.05, 0.1) is 11.8 Å². The van der Waals surface area contributed by atoms with Crippen LogP contribution in [0.15, 0.2) is 60.7 Å². The highest BCUT2D eigenvalue weighted by Gasteiger charge is 2.33. The number of amides is 2. The fourth-order valence-electron chi connectivity index (χ4n) is 3.66. The van der Waals surface area contributed by atoms with Crippen LogP contribution in [0.3, 0.4) is 0 Å². The van der Waals surface area contributed by atoms with Crippen molar-refractivity contribution in [2.45, 2.75) is 25.7 Å². The van der Waals surface area contributed by atoms with Crippen LogP contribution in [0.2, 0.25) is 0 Å². The minimum Gasteiger partial charge on any atom is -0.356 e. The Morgan fingerprint density at radius 1 is 1.04 bits per heavy atom. The van der Waals surface area contributed by atoms with Crippen molar-refractivity contribution < 1.29 is 9.59 Å². The van der Waals surface area contributed by atoms with Crippen molar-refractivity contribution in [1.82, 2.24) is 10.2 Å². The molecule has 3 rings (SSSR count). The van der Waals surface area contributed by atoms with Gasteiger partial charge in [-0.3, -0.25) is 9.59 Å². The van der Waals surface area contributed by atoms with Gasteiger partial charge in [-0.05, 0) is 30.9 Å². The van der Waals surface area contributed by atoms with E-state index in [2.05, 4.69) is 5.32 Å². The number of nitrogens with one attached hydrogen (secondary N) is 1. The van der Waals surface area contributed by atoms with Crippen molar-refractivity contribution in [3.05, 3.63) is 71.8 Å². The Morgan fingerprint density at radius 2 is 1.62 bits per heavy atom. The standard InChI is InChI=1S/C22H26N2O2/c1-2-23-21(25)19-14-9-15-24(16-19)22(26)20(17-10-5-3-6-11-17)18-12-7-4-8-13-18/h3-8,10-13,19-20H,2,9,14-16H2,1H3,(H,23,25). The van der Waals surface area contributed by atoms with Crippen molar-refractivity contribution in [3.8, 4) is 0 Å². The highest BCUT2D eigenvalue weighted by Crippen LogP contribution is 2.29. The zero-order chi connectivity index (χ0) is 18.4. The number of benzene rings is 2. The van der Waals surface area contributed by atoms with Crippen LogP contribution in [0.4, 0.5) is 0 Å². The van der Waals surface area contributed by atoms with Gasteiger partial charge in [-0.1, -0.05) is 60.7 Å². The van der Waals surface area contributed by atoms with Gasteiger partial charge in [0, 0.05) is 19.6 Å². The van der Waals surface area contributed by atoms with E-state index in [1.807, 2.05) is 72.5 Å². The van der Waals surface area contributed by atoms with Crippen molar-refractivity contribution >= 4 is 11.8 Å². The Hall–Kier alpha value is -2.62. The number of piperidine rings is 1. The molecular formula is C22H26N2O2. The molecule has 2 aromatic carbocycles. The summed E-state index contributed by atoms with van der Waals surface area (Å²) in [4.78, 5) is 27.5. The molecule has 1 N–H and O–H groups in total. The van der Waals surface area contributed by atoms with Gasteiger partial charge < -0.3 is 10.2 Å². The molecule has 0 spiro atoms. The highest BCUT2D eigenvalue weighted by molar-refractivity contribution is 5.88. The lowest BCUT2D eigenvalue weighted by Gasteiger charge is -2.34. The Bertz CT molecular complexity index is 691. The second kappa shape index (κ2) is 8.65. The molecule has 0 saturated carbocycles. The van der Waals surface area contributed by atoms with Gasteiger partial charge in [-0.25, -0.2) is 0 Å². The molecule has 26 heavy (non-hydrogen) atoms. The number of hydrogen-bond donors (Lipinski definition) is 1. The Morgan fingerprint density at radius 3 is 2.15 bits per heavy atom. The Balaban J connectivity index is 1.85. The van der Waals surface area contributed by atoms with Gasteiger partial charge in [-0.15, -0.1) is 0 Å². The molecule has 4 heteroatoms. The molecule has 1 aliphatic heterocycles. The monoisotopic (exact) mass is 350 g/mol. The number of likely N-dealkylation sites (tertiary alicyclic amines) is 1. The normalized spacial score (nSPS) is 17.2. The first kappa shape index (κ1) is 18.2. The van der Waals surface area contributed by atoms with Gasteiger partial charge in [0.15, 0.2) is 0 Å². The summed E-state index contributed by atoms with van der Waals surface area (Å²) in [6, 6.07) is 19.8. The molecule has 1 aliphatic rings. The van der Waals surface area contributed by atoms with Gasteiger partial charge in [-0.2, -0.15) is 0 Å². The molecule has 136 valence electrons. The first-order valence-electron chi connectivity index (χ1n) is 9.37. The van der Waals surface area contributed by atoms with Crippen LogP contribution in [0, 0.1) is 5.92 Å². The summed E-state index contributed by atoms with van der Waals surface area (Å²) in [5, 5.41) is 2.89. The second-order valence-corrected chi connectivity index (χ2v) is 6.77. The predicted molar refractivity (Wildman–Crippen MR) is 103 cm³/mol. The number of hydrogen-bond acceptors (Lipinski definition) is 2. The molecule has 1 heterocycles. The quantitative estimate of drug-likeness (QED) is 0.900. The SMILES string of the molecule is CCNC(=O)C1CCCN(C(=O)C(c2ccccc2)c2ccccc2)C1. The van der Waals surface area contributed by atoms with Crippen LogP contribution in [0.1, 0.15) is 36.8 Å². The zero-order valence-electron chi connectivity index (χ0n) is 15.2. The van der Waals surface area contributed by atoms with Crippen molar-refractivity contribution in [1.29, 1.82) is 0 Å². The summed E-state index contributed by atoms with van der Waals surface area (Å²) in [6.07, 6.45) is 1.71. The van der Waals surface area contributed by atoms with Crippen LogP contribution in [0.5, 0.6) is 0 Å². The van der Waals surface area contributed by atoms with Crippen LogP contribution in [-0.4, -0.2) is 36.3 Å². The maximum atomic E-state index is 13.4. The zero-order valence-corrected chi connectivity index (χ0v) is 15.2. The van der Waals surface area contributed by atoms with E-state index in [0.29, 0.717) is 19.6 Å². The fourth-order valence-corrected chi connectivity index (χ4v) is 3.66. The van der Waals surface area contributed by atoms with E-state index >= 15 is 0 Å². The summed E-state index contributed by atoms with van der Waals surface area (Å²) in [5.41, 5.74) is 1.98. The minimum atomic E-state index is -0.328. The topological polar surface area (TPSA) is 49.4 Å². The van der Waals surface area contributed by atoms with E-state index in [-0.39, 0.29) is 23.7 Å². The minimum absolute atomic E-state index is 0.0565. The molecule has 0 aliphatic carbocycles. The first-order valence-corrected chi connectivity index (χ1v) is 9.37. The van der Waals surface area contributed by atoms with E-state index in [1.165, 1.54) is 0 Å². The fraction of sp³-hybridized carbons (Fsp3) is 0.364. The molecular weight excluding hydrogens is 324 g/mol. The summed E-state index contributed by atoms with van der Waals surface area (Å²) in [5.74, 6) is -0.303. The van der Waals surface area contributed by atoms with E-state index in [9.17, 15) is 9.59 Å². The Labute approximate surface area is 155 Å². The van der Waals surface area contributed by atoms with Crippen molar-refractivity contribution in [2.75, 3.05) is 19.6 Å². The largest absolute Gasteiger partial charge is 0.356 e. The second-order valence-electron chi connectivity index (χ2n) is 6.77. The predicted octanol–water partition coefficient (Wildman–Crippen LogP) is 3.19. The average molecular weight is 350 g/mol. The molecule has 2 amide bonds. The van der Waals surface area contributed by atoms with E-state index in [0.717, 1.165) is 24.0 Å². The van der Waals surface area contributed by atoms with Gasteiger partial charge in [0.25, 0.3) is 0 Å². The van der Waals surface area contributed by atoms with Gasteiger partial charge >= 0.3 is 0 Å². The number of rotatable bonds is 5. The van der Waals surface area contributed by atoms with E-state index in [1.54, 1.807) is 0 Å². The number of carbonyl (C=O) groups is 2. The third-order valence-corrected chi connectivity index (χ3v) is 4.97. The molecule has 0 bridgehead atoms. The third kappa shape index (κ3) is 4.13. The van der Waals surface area contributed by atoms with Crippen molar-refractivity contribution in [2.24, 2.45) is 5.92 Å². The Kier molecular flexibility index (Phi) is 6.05. The van der Waals surface area contributed by atoms with Crippen molar-refractivity contribution in [3.63, 3.8) is 0 Å². The molecule has 1 saturated heterocycles. The highest BCUT2D eigenvalue weighted by atomic mass is 16.2. The molecule has 0 radical (unpaired) electrons. The lowest BCUT2D eigenvalue weighted by molar-refractivity contribution is -0.136. The maximum Gasteiger partial charge on any atom is 0.234 e. The van der Waals surface area contributed by atoms with Gasteiger partial charge in [0.2, 0.25) is 11.8 Å². The summed E-state index contributed by atoms with van der Waals surface area (Å²) >= 11 is 0. The van der Waals surface area contributed by atoms with Crippen LogP contribution in [-0.2, 0) is 9.59 Å². The van der Waals surface area contributed by atoms with Gasteiger partial charge in [0.1, 0.15) is 0 Å². The van der Waals surface area contributed by atoms with E-state index in [4.69, 9.17) is 0 Å². The average Bonchev–Trinajstić information content (AvgIpc) is 2.70. The smallest absolute Gasteiger partial charge is 0.234 e. The summed E-state index contributed by atoms with van der Waals surface area (Å²) in [6.45, 7) is 3.76. The molecule has 1 unspecified atom stereocenters. The molecule has 1 fully saturated rings. The maximum absolute atomic E-state index is 13.4. The lowest BCUT2D eigenvalue weighted by Crippen LogP contribution is -2.47. The number of carbonyl (C=O) groups excluding carboxylic acids is 2. The number of nitrogens with zero attached hydrogens (tertiary/aromatic N) is 1.